The van der Waals surface area contributed by atoms with Crippen molar-refractivity contribution >= 4 is 0 Å². The first-order valence-electron chi connectivity index (χ1n) is 4.42. The number of nitrogens with zero attached hydrogens (tertiary/aromatic N) is 1. The van der Waals surface area contributed by atoms with Gasteiger partial charge >= 0.3 is 6.61 Å². The molecule has 0 saturated carbocycles. The number of alkyl halides is 2. The zero-order valence-corrected chi connectivity index (χ0v) is 7.80. The first-order chi connectivity index (χ1) is 6.08. The summed E-state index contributed by atoms with van der Waals surface area (Å²) < 4.78 is 28.7. The molecule has 78 valence electrons. The molecule has 0 aromatic rings. The number of rotatable bonds is 3. The molecule has 0 spiro atoms. The lowest BCUT2D eigenvalue weighted by molar-refractivity contribution is -0.217. The summed E-state index contributed by atoms with van der Waals surface area (Å²) >= 11 is 0. The van der Waals surface area contributed by atoms with Crippen molar-refractivity contribution in [2.75, 3.05) is 26.7 Å². The molecule has 1 aliphatic heterocycles. The molecule has 0 bridgehead atoms. The van der Waals surface area contributed by atoms with Crippen LogP contribution >= 0.6 is 0 Å². The van der Waals surface area contributed by atoms with Crippen molar-refractivity contribution in [3.05, 3.63) is 0 Å². The minimum Gasteiger partial charge on any atom is -0.328 e. The van der Waals surface area contributed by atoms with Crippen LogP contribution in [0.5, 0.6) is 0 Å². The van der Waals surface area contributed by atoms with Crippen molar-refractivity contribution < 1.29 is 13.5 Å². The predicted molar refractivity (Wildman–Crippen MR) is 45.6 cm³/mol. The molecule has 1 heterocycles. The van der Waals surface area contributed by atoms with Crippen LogP contribution in [-0.2, 0) is 4.74 Å². The quantitative estimate of drug-likeness (QED) is 0.717. The fourth-order valence-electron chi connectivity index (χ4n) is 1.59. The van der Waals surface area contributed by atoms with Crippen molar-refractivity contribution in [1.82, 2.24) is 4.90 Å². The predicted octanol–water partition coefficient (Wildman–Crippen LogP) is 0.649. The Morgan fingerprint density at radius 2 is 2.00 bits per heavy atom. The molecule has 5 heteroatoms. The SMILES string of the molecule is CN1CCC(CN)(OC(F)F)CC1. The monoisotopic (exact) mass is 194 g/mol. The minimum absolute atomic E-state index is 0.172. The molecule has 0 aromatic heterocycles. The molecular formula is C8H16F2N2O. The fraction of sp³-hybridized carbons (Fsp3) is 1.00. The highest BCUT2D eigenvalue weighted by Crippen LogP contribution is 2.26. The average Bonchev–Trinajstić information content (AvgIpc) is 2.09. The maximum Gasteiger partial charge on any atom is 0.345 e. The van der Waals surface area contributed by atoms with Gasteiger partial charge in [-0.15, -0.1) is 0 Å². The maximum absolute atomic E-state index is 12.1. The van der Waals surface area contributed by atoms with Crippen LogP contribution in [0.4, 0.5) is 8.78 Å². The van der Waals surface area contributed by atoms with Gasteiger partial charge in [-0.1, -0.05) is 0 Å². The van der Waals surface area contributed by atoms with Gasteiger partial charge in [0.2, 0.25) is 0 Å². The third kappa shape index (κ3) is 2.86. The first kappa shape index (κ1) is 10.8. The second-order valence-electron chi connectivity index (χ2n) is 3.57. The molecule has 0 aliphatic carbocycles. The van der Waals surface area contributed by atoms with Crippen LogP contribution in [0.1, 0.15) is 12.8 Å². The number of nitrogens with two attached hydrogens (primary N) is 1. The second-order valence-corrected chi connectivity index (χ2v) is 3.57. The van der Waals surface area contributed by atoms with Gasteiger partial charge in [0.1, 0.15) is 0 Å². The van der Waals surface area contributed by atoms with Gasteiger partial charge in [0, 0.05) is 19.6 Å². The van der Waals surface area contributed by atoms with E-state index in [0.717, 1.165) is 13.1 Å². The van der Waals surface area contributed by atoms with Gasteiger partial charge in [-0.2, -0.15) is 8.78 Å². The molecule has 1 fully saturated rings. The molecule has 0 aromatic carbocycles. The van der Waals surface area contributed by atoms with E-state index in [1.807, 2.05) is 7.05 Å². The highest BCUT2D eigenvalue weighted by molar-refractivity contribution is 4.87. The smallest absolute Gasteiger partial charge is 0.328 e. The molecule has 13 heavy (non-hydrogen) atoms. The van der Waals surface area contributed by atoms with Gasteiger partial charge in [0.15, 0.2) is 0 Å². The van der Waals surface area contributed by atoms with Crippen LogP contribution in [0.3, 0.4) is 0 Å². The Labute approximate surface area is 76.8 Å². The number of piperidine rings is 1. The Bertz CT molecular complexity index is 158. The van der Waals surface area contributed by atoms with Crippen LogP contribution in [0.15, 0.2) is 0 Å². The second kappa shape index (κ2) is 4.30. The van der Waals surface area contributed by atoms with Crippen molar-refractivity contribution in [3.8, 4) is 0 Å². The van der Waals surface area contributed by atoms with Gasteiger partial charge in [0.05, 0.1) is 5.60 Å². The summed E-state index contributed by atoms with van der Waals surface area (Å²) in [5.41, 5.74) is 4.66. The van der Waals surface area contributed by atoms with E-state index < -0.39 is 12.2 Å². The molecular weight excluding hydrogens is 178 g/mol. The van der Waals surface area contributed by atoms with E-state index in [4.69, 9.17) is 5.73 Å². The Kier molecular flexibility index (Phi) is 3.58. The van der Waals surface area contributed by atoms with Crippen molar-refractivity contribution in [2.45, 2.75) is 25.1 Å². The van der Waals surface area contributed by atoms with Crippen molar-refractivity contribution in [3.63, 3.8) is 0 Å². The van der Waals surface area contributed by atoms with Crippen LogP contribution in [0, 0.1) is 0 Å². The fourth-order valence-corrected chi connectivity index (χ4v) is 1.59. The standard InChI is InChI=1S/C8H16F2N2O/c1-12-4-2-8(6-11,3-5-12)13-7(9)10/h7H,2-6,11H2,1H3. The van der Waals surface area contributed by atoms with Gasteiger partial charge in [-0.3, -0.25) is 0 Å². The molecule has 0 radical (unpaired) electrons. The Morgan fingerprint density at radius 3 is 2.38 bits per heavy atom. The van der Waals surface area contributed by atoms with E-state index in [-0.39, 0.29) is 6.54 Å². The zero-order valence-electron chi connectivity index (χ0n) is 7.80. The third-order valence-electron chi connectivity index (χ3n) is 2.61. The van der Waals surface area contributed by atoms with Crippen LogP contribution in [0.2, 0.25) is 0 Å². The summed E-state index contributed by atoms with van der Waals surface area (Å²) in [5.74, 6) is 0. The largest absolute Gasteiger partial charge is 0.345 e. The van der Waals surface area contributed by atoms with E-state index >= 15 is 0 Å². The highest BCUT2D eigenvalue weighted by atomic mass is 19.3. The van der Waals surface area contributed by atoms with Crippen LogP contribution in [0.25, 0.3) is 0 Å². The van der Waals surface area contributed by atoms with E-state index in [0.29, 0.717) is 12.8 Å². The summed E-state index contributed by atoms with van der Waals surface area (Å²) in [6.45, 7) is -1.01. The number of likely N-dealkylation sites (tertiary alicyclic amines) is 1. The van der Waals surface area contributed by atoms with Crippen molar-refractivity contribution in [1.29, 1.82) is 0 Å². The van der Waals surface area contributed by atoms with Gasteiger partial charge in [-0.25, -0.2) is 0 Å². The highest BCUT2D eigenvalue weighted by Gasteiger charge is 2.35. The molecule has 1 saturated heterocycles. The lowest BCUT2D eigenvalue weighted by Crippen LogP contribution is -2.50. The van der Waals surface area contributed by atoms with E-state index in [1.165, 1.54) is 0 Å². The molecule has 1 rings (SSSR count). The number of ether oxygens (including phenoxy) is 1. The Morgan fingerprint density at radius 1 is 1.46 bits per heavy atom. The van der Waals surface area contributed by atoms with Gasteiger partial charge in [-0.05, 0) is 19.9 Å². The molecule has 0 amide bonds. The normalized spacial score (nSPS) is 23.8. The topological polar surface area (TPSA) is 38.5 Å². The van der Waals surface area contributed by atoms with Crippen LogP contribution < -0.4 is 5.73 Å². The lowest BCUT2D eigenvalue weighted by Gasteiger charge is -2.39. The summed E-state index contributed by atoms with van der Waals surface area (Å²) in [4.78, 5) is 2.09. The zero-order chi connectivity index (χ0) is 9.90. The van der Waals surface area contributed by atoms with Crippen LogP contribution in [-0.4, -0.2) is 43.8 Å². The molecule has 0 atom stereocenters. The van der Waals surface area contributed by atoms with E-state index in [1.54, 1.807) is 0 Å². The molecule has 1 aliphatic rings. The van der Waals surface area contributed by atoms with Gasteiger partial charge in [0.25, 0.3) is 0 Å². The average molecular weight is 194 g/mol. The summed E-state index contributed by atoms with van der Waals surface area (Å²) in [5, 5.41) is 0. The van der Waals surface area contributed by atoms with Gasteiger partial charge < -0.3 is 15.4 Å². The van der Waals surface area contributed by atoms with E-state index in [9.17, 15) is 8.78 Å². The number of halogens is 2. The first-order valence-corrected chi connectivity index (χ1v) is 4.42. The third-order valence-corrected chi connectivity index (χ3v) is 2.61. The maximum atomic E-state index is 12.1. The molecule has 2 N–H and O–H groups in total. The van der Waals surface area contributed by atoms with E-state index in [2.05, 4.69) is 9.64 Å². The van der Waals surface area contributed by atoms with Crippen molar-refractivity contribution in [2.24, 2.45) is 5.73 Å². The lowest BCUT2D eigenvalue weighted by atomic mass is 9.91. The summed E-state index contributed by atoms with van der Waals surface area (Å²) in [6.07, 6.45) is 1.18. The number of hydrogen-bond acceptors (Lipinski definition) is 3. The summed E-state index contributed by atoms with van der Waals surface area (Å²) in [7, 11) is 1.96. The molecule has 0 unspecified atom stereocenters. The molecule has 3 nitrogen and oxygen atoms in total. The Balaban J connectivity index is 2.50. The number of hydrogen-bond donors (Lipinski definition) is 1. The Hall–Kier alpha value is -0.260. The minimum atomic E-state index is -2.72. The summed E-state index contributed by atoms with van der Waals surface area (Å²) in [6, 6.07) is 0.